The molecule has 0 amide bonds. The van der Waals surface area contributed by atoms with Gasteiger partial charge in [0.2, 0.25) is 0 Å². The number of ketones is 1. The van der Waals surface area contributed by atoms with Crippen LogP contribution in [-0.2, 0) is 9.63 Å². The maximum absolute atomic E-state index is 9.92. The van der Waals surface area contributed by atoms with Gasteiger partial charge in [-0.25, -0.2) is 0 Å². The molecule has 0 spiro atoms. The second-order valence-electron chi connectivity index (χ2n) is 1.86. The maximum atomic E-state index is 9.92. The normalized spacial score (nSPS) is 8.23. The molecular formula is C6H11Cl2NO4. The molecule has 0 aliphatic heterocycles. The zero-order chi connectivity index (χ0) is 10.7. The first-order valence-electron chi connectivity index (χ1n) is 3.49. The first-order valence-corrected chi connectivity index (χ1v) is 4.56. The molecule has 0 radical (unpaired) electrons. The molecule has 0 atom stereocenters. The van der Waals surface area contributed by atoms with Crippen molar-refractivity contribution in [2.75, 3.05) is 18.4 Å². The fourth-order valence-corrected chi connectivity index (χ4v) is 0.487. The zero-order valence-electron chi connectivity index (χ0n) is 7.16. The van der Waals surface area contributed by atoms with E-state index in [1.165, 1.54) is 0 Å². The Labute approximate surface area is 86.1 Å². The Morgan fingerprint density at radius 3 is 2.00 bits per heavy atom. The Bertz CT molecular complexity index is 148. The molecule has 0 unspecified atom stereocenters. The van der Waals surface area contributed by atoms with Crippen LogP contribution in [0, 0.1) is 10.1 Å². The van der Waals surface area contributed by atoms with Gasteiger partial charge < -0.3 is 4.84 Å². The number of rotatable bonds is 5. The summed E-state index contributed by atoms with van der Waals surface area (Å²) in [6, 6.07) is 0. The maximum Gasteiger partial charge on any atom is 0.294 e. The molecule has 0 aliphatic rings. The lowest BCUT2D eigenvalue weighted by Crippen LogP contribution is -1.99. The Morgan fingerprint density at radius 1 is 1.46 bits per heavy atom. The summed E-state index contributed by atoms with van der Waals surface area (Å²) >= 11 is 10.0. The molecule has 0 aromatic rings. The number of alkyl halides is 2. The second-order valence-corrected chi connectivity index (χ2v) is 2.40. The summed E-state index contributed by atoms with van der Waals surface area (Å²) in [5.74, 6) is -0.0640. The minimum atomic E-state index is -0.788. The van der Waals surface area contributed by atoms with Crippen LogP contribution < -0.4 is 0 Å². The minimum absolute atomic E-state index is 0.0312. The van der Waals surface area contributed by atoms with E-state index in [0.717, 1.165) is 0 Å². The molecule has 5 nitrogen and oxygen atoms in total. The molecule has 13 heavy (non-hydrogen) atoms. The fourth-order valence-electron chi connectivity index (χ4n) is 0.202. The number of halogens is 2. The molecule has 0 saturated carbocycles. The van der Waals surface area contributed by atoms with E-state index >= 15 is 0 Å². The van der Waals surface area contributed by atoms with Gasteiger partial charge in [-0.2, -0.15) is 0 Å². The van der Waals surface area contributed by atoms with Crippen molar-refractivity contribution in [3.05, 3.63) is 10.1 Å². The summed E-state index contributed by atoms with van der Waals surface area (Å²) < 4.78 is 0. The number of Topliss-reactive ketones (excluding diaryl/α,β-unsaturated/α-hetero) is 1. The predicted molar refractivity (Wildman–Crippen MR) is 49.7 cm³/mol. The topological polar surface area (TPSA) is 69.4 Å². The molecule has 0 N–H and O–H groups in total. The van der Waals surface area contributed by atoms with Crippen LogP contribution >= 0.6 is 23.2 Å². The van der Waals surface area contributed by atoms with E-state index in [1.54, 1.807) is 0 Å². The van der Waals surface area contributed by atoms with E-state index in [-0.39, 0.29) is 24.2 Å². The fraction of sp³-hybridized carbons (Fsp3) is 0.833. The molecule has 78 valence electrons. The Kier molecular flexibility index (Phi) is 13.2. The van der Waals surface area contributed by atoms with Crippen molar-refractivity contribution in [1.29, 1.82) is 0 Å². The average molecular weight is 232 g/mol. The van der Waals surface area contributed by atoms with Crippen LogP contribution in [0.25, 0.3) is 0 Å². The number of hydrogen-bond donors (Lipinski definition) is 0. The molecule has 0 saturated heterocycles. The molecule has 0 aromatic heterocycles. The van der Waals surface area contributed by atoms with Crippen LogP contribution in [0.5, 0.6) is 0 Å². The van der Waals surface area contributed by atoms with Crippen molar-refractivity contribution in [3.8, 4) is 0 Å². The Morgan fingerprint density at radius 2 is 1.92 bits per heavy atom. The molecule has 0 aromatic carbocycles. The van der Waals surface area contributed by atoms with Crippen molar-refractivity contribution in [2.24, 2.45) is 0 Å². The highest BCUT2D eigenvalue weighted by Gasteiger charge is 1.90. The lowest BCUT2D eigenvalue weighted by atomic mass is 10.5. The van der Waals surface area contributed by atoms with Gasteiger partial charge >= 0.3 is 0 Å². The average Bonchev–Trinajstić information content (AvgIpc) is 2.14. The van der Waals surface area contributed by atoms with Crippen molar-refractivity contribution in [2.45, 2.75) is 13.3 Å². The highest BCUT2D eigenvalue weighted by atomic mass is 35.5. The van der Waals surface area contributed by atoms with E-state index in [9.17, 15) is 14.9 Å². The van der Waals surface area contributed by atoms with Crippen LogP contribution in [-0.4, -0.2) is 29.2 Å². The van der Waals surface area contributed by atoms with Gasteiger partial charge in [-0.05, 0) is 6.42 Å². The Hall–Kier alpha value is -0.550. The van der Waals surface area contributed by atoms with E-state index in [1.807, 2.05) is 6.92 Å². The van der Waals surface area contributed by atoms with E-state index in [4.69, 9.17) is 23.2 Å². The quantitative estimate of drug-likeness (QED) is 0.410. The van der Waals surface area contributed by atoms with Crippen molar-refractivity contribution in [1.82, 2.24) is 0 Å². The third kappa shape index (κ3) is 18.4. The summed E-state index contributed by atoms with van der Waals surface area (Å²) in [7, 11) is 0. The van der Waals surface area contributed by atoms with Crippen LogP contribution in [0.15, 0.2) is 0 Å². The molecule has 0 heterocycles. The van der Waals surface area contributed by atoms with Crippen LogP contribution in [0.3, 0.4) is 0 Å². The summed E-state index contributed by atoms with van der Waals surface area (Å²) in [6.07, 6.45) is 0.682. The van der Waals surface area contributed by atoms with E-state index < -0.39 is 5.09 Å². The third-order valence-electron chi connectivity index (χ3n) is 0.699. The SMILES string of the molecule is CCCO[N+](=O)[O-].O=C(CCl)CCl. The summed E-state index contributed by atoms with van der Waals surface area (Å²) in [5, 5.41) is 8.55. The van der Waals surface area contributed by atoms with Gasteiger partial charge in [0.15, 0.2) is 5.78 Å². The molecule has 7 heteroatoms. The Balaban J connectivity index is 0. The van der Waals surface area contributed by atoms with Gasteiger partial charge in [0.1, 0.15) is 0 Å². The first-order chi connectivity index (χ1) is 6.08. The zero-order valence-corrected chi connectivity index (χ0v) is 8.68. The standard InChI is InChI=1S/C3H4Cl2O.C3H7NO3/c4-1-3(6)2-5;1-2-3-7-4(5)6/h1-2H2;2-3H2,1H3. The van der Waals surface area contributed by atoms with Gasteiger partial charge in [-0.3, -0.25) is 4.79 Å². The van der Waals surface area contributed by atoms with E-state index in [0.29, 0.717) is 6.42 Å². The highest BCUT2D eigenvalue weighted by Crippen LogP contribution is 1.80. The number of carbonyl (C=O) groups excluding carboxylic acids is 1. The summed E-state index contributed by atoms with van der Waals surface area (Å²) in [5.41, 5.74) is 0. The number of carbonyl (C=O) groups is 1. The van der Waals surface area contributed by atoms with E-state index in [2.05, 4.69) is 4.84 Å². The monoisotopic (exact) mass is 231 g/mol. The minimum Gasteiger partial charge on any atom is -0.314 e. The lowest BCUT2D eigenvalue weighted by Gasteiger charge is -1.88. The van der Waals surface area contributed by atoms with Crippen LogP contribution in [0.4, 0.5) is 0 Å². The van der Waals surface area contributed by atoms with Crippen LogP contribution in [0.1, 0.15) is 13.3 Å². The predicted octanol–water partition coefficient (Wildman–Crippen LogP) is 1.64. The van der Waals surface area contributed by atoms with Gasteiger partial charge in [0.25, 0.3) is 5.09 Å². The van der Waals surface area contributed by atoms with Crippen LogP contribution in [0.2, 0.25) is 0 Å². The highest BCUT2D eigenvalue weighted by molar-refractivity contribution is 6.35. The number of hydrogen-bond acceptors (Lipinski definition) is 4. The van der Waals surface area contributed by atoms with Gasteiger partial charge in [-0.1, -0.05) is 6.92 Å². The van der Waals surface area contributed by atoms with Gasteiger partial charge in [0, 0.05) is 0 Å². The third-order valence-corrected chi connectivity index (χ3v) is 1.30. The summed E-state index contributed by atoms with van der Waals surface area (Å²) in [4.78, 5) is 23.2. The lowest BCUT2D eigenvalue weighted by molar-refractivity contribution is -0.757. The van der Waals surface area contributed by atoms with Gasteiger partial charge in [-0.15, -0.1) is 33.3 Å². The molecule has 0 bridgehead atoms. The summed E-state index contributed by atoms with van der Waals surface area (Å²) in [6.45, 7) is 2.01. The van der Waals surface area contributed by atoms with Gasteiger partial charge in [0.05, 0.1) is 18.4 Å². The molecule has 0 rings (SSSR count). The smallest absolute Gasteiger partial charge is 0.294 e. The molecular weight excluding hydrogens is 221 g/mol. The van der Waals surface area contributed by atoms with Crippen molar-refractivity contribution < 1.29 is 14.7 Å². The first kappa shape index (κ1) is 14.9. The number of nitrogens with zero attached hydrogens (tertiary/aromatic N) is 1. The second kappa shape index (κ2) is 11.4. The molecule has 0 aliphatic carbocycles. The molecule has 0 fully saturated rings. The van der Waals surface area contributed by atoms with Crippen molar-refractivity contribution in [3.63, 3.8) is 0 Å². The largest absolute Gasteiger partial charge is 0.314 e. The van der Waals surface area contributed by atoms with Crippen molar-refractivity contribution >= 4 is 29.0 Å².